The Labute approximate surface area is 129 Å². The Morgan fingerprint density at radius 3 is 2.36 bits per heavy atom. The van der Waals surface area contributed by atoms with Gasteiger partial charge in [-0.05, 0) is 20.8 Å². The summed E-state index contributed by atoms with van der Waals surface area (Å²) in [5, 5.41) is 6.03. The summed E-state index contributed by atoms with van der Waals surface area (Å²) >= 11 is 0. The fraction of sp³-hybridized carbons (Fsp3) is 0.667. The predicted octanol–water partition coefficient (Wildman–Crippen LogP) is 0.233. The Hall–Kier alpha value is -1.81. The van der Waals surface area contributed by atoms with Gasteiger partial charge in [-0.25, -0.2) is 13.2 Å². The number of anilines is 1. The van der Waals surface area contributed by atoms with Crippen molar-refractivity contribution in [3.8, 4) is 0 Å². The molecule has 3 N–H and O–H groups in total. The van der Waals surface area contributed by atoms with Gasteiger partial charge in [-0.2, -0.15) is 9.40 Å². The van der Waals surface area contributed by atoms with E-state index in [4.69, 9.17) is 10.5 Å². The van der Waals surface area contributed by atoms with E-state index >= 15 is 0 Å². The van der Waals surface area contributed by atoms with Crippen LogP contribution in [0.3, 0.4) is 0 Å². The number of carbonyl (C=O) groups is 1. The minimum atomic E-state index is -3.70. The molecule has 0 atom stereocenters. The Kier molecular flexibility index (Phi) is 4.34. The van der Waals surface area contributed by atoms with E-state index in [1.807, 2.05) is 0 Å². The van der Waals surface area contributed by atoms with Gasteiger partial charge < -0.3 is 15.4 Å². The van der Waals surface area contributed by atoms with E-state index in [1.54, 1.807) is 20.8 Å². The smallest absolute Gasteiger partial charge is 0.410 e. The molecule has 1 aliphatic rings. The lowest BCUT2D eigenvalue weighted by Crippen LogP contribution is -2.51. The SMILES string of the molecule is CC(C)(C)OC(=O)N1CCN(S(=O)(=O)c2cn[nH]c2N)CC1. The van der Waals surface area contributed by atoms with Crippen molar-refractivity contribution in [3.05, 3.63) is 6.20 Å². The van der Waals surface area contributed by atoms with Gasteiger partial charge in [0.15, 0.2) is 0 Å². The summed E-state index contributed by atoms with van der Waals surface area (Å²) in [7, 11) is -3.70. The lowest BCUT2D eigenvalue weighted by atomic mass is 10.2. The predicted molar refractivity (Wildman–Crippen MR) is 79.6 cm³/mol. The van der Waals surface area contributed by atoms with E-state index in [-0.39, 0.29) is 36.9 Å². The number of ether oxygens (including phenoxy) is 1. The summed E-state index contributed by atoms with van der Waals surface area (Å²) in [4.78, 5) is 13.4. The first kappa shape index (κ1) is 16.6. The number of nitrogens with zero attached hydrogens (tertiary/aromatic N) is 3. The molecule has 1 aliphatic heterocycles. The van der Waals surface area contributed by atoms with E-state index in [0.717, 1.165) is 0 Å². The number of sulfonamides is 1. The summed E-state index contributed by atoms with van der Waals surface area (Å²) in [5.74, 6) is 0.00886. The number of rotatable bonds is 2. The van der Waals surface area contributed by atoms with Crippen molar-refractivity contribution in [2.24, 2.45) is 0 Å². The van der Waals surface area contributed by atoms with Gasteiger partial charge in [-0.15, -0.1) is 0 Å². The number of hydrogen-bond donors (Lipinski definition) is 2. The van der Waals surface area contributed by atoms with Crippen LogP contribution in [0.2, 0.25) is 0 Å². The Morgan fingerprint density at radius 1 is 1.32 bits per heavy atom. The van der Waals surface area contributed by atoms with Gasteiger partial charge in [0.1, 0.15) is 16.3 Å². The standard InChI is InChI=1S/C12H21N5O4S/c1-12(2,3)21-11(18)16-4-6-17(7-5-16)22(19,20)9-8-14-15-10(9)13/h8H,4-7H2,1-3H3,(H3,13,14,15). The first-order valence-corrected chi connectivity index (χ1v) is 8.32. The molecule has 1 amide bonds. The van der Waals surface area contributed by atoms with Crippen molar-refractivity contribution >= 4 is 21.9 Å². The highest BCUT2D eigenvalue weighted by Gasteiger charge is 2.33. The van der Waals surface area contributed by atoms with Crippen LogP contribution >= 0.6 is 0 Å². The third-order valence-electron chi connectivity index (χ3n) is 3.14. The fourth-order valence-corrected chi connectivity index (χ4v) is 3.50. The van der Waals surface area contributed by atoms with Gasteiger partial charge in [0, 0.05) is 26.2 Å². The highest BCUT2D eigenvalue weighted by molar-refractivity contribution is 7.89. The highest BCUT2D eigenvalue weighted by atomic mass is 32.2. The average Bonchev–Trinajstić information content (AvgIpc) is 2.84. The number of aromatic nitrogens is 2. The molecule has 1 fully saturated rings. The van der Waals surface area contributed by atoms with Gasteiger partial charge >= 0.3 is 6.09 Å². The second-order valence-corrected chi connectivity index (χ2v) is 7.93. The van der Waals surface area contributed by atoms with Crippen molar-refractivity contribution in [1.29, 1.82) is 0 Å². The summed E-state index contributed by atoms with van der Waals surface area (Å²) in [5.41, 5.74) is 4.99. The molecule has 1 aromatic rings. The lowest BCUT2D eigenvalue weighted by molar-refractivity contribution is 0.0192. The number of amides is 1. The van der Waals surface area contributed by atoms with Crippen LogP contribution in [0.5, 0.6) is 0 Å². The monoisotopic (exact) mass is 331 g/mol. The van der Waals surface area contributed by atoms with Gasteiger partial charge in [0.05, 0.1) is 6.20 Å². The molecular weight excluding hydrogens is 310 g/mol. The number of nitrogens with one attached hydrogen (secondary N) is 1. The zero-order chi connectivity index (χ0) is 16.5. The van der Waals surface area contributed by atoms with E-state index in [9.17, 15) is 13.2 Å². The van der Waals surface area contributed by atoms with E-state index < -0.39 is 21.7 Å². The number of H-pyrrole nitrogens is 1. The molecule has 1 saturated heterocycles. The molecule has 0 aromatic carbocycles. The molecule has 22 heavy (non-hydrogen) atoms. The van der Waals surface area contributed by atoms with Crippen LogP contribution in [0.4, 0.5) is 10.6 Å². The number of piperazine rings is 1. The second-order valence-electron chi connectivity index (χ2n) is 6.02. The van der Waals surface area contributed by atoms with Crippen LogP contribution in [0.15, 0.2) is 11.1 Å². The van der Waals surface area contributed by atoms with Gasteiger partial charge in [-0.1, -0.05) is 0 Å². The van der Waals surface area contributed by atoms with Crippen molar-refractivity contribution in [2.75, 3.05) is 31.9 Å². The molecule has 2 heterocycles. The van der Waals surface area contributed by atoms with Crippen molar-refractivity contribution in [2.45, 2.75) is 31.3 Å². The largest absolute Gasteiger partial charge is 0.444 e. The average molecular weight is 331 g/mol. The van der Waals surface area contributed by atoms with Gasteiger partial charge in [-0.3, -0.25) is 5.10 Å². The number of hydrogen-bond acceptors (Lipinski definition) is 6. The first-order valence-electron chi connectivity index (χ1n) is 6.88. The third kappa shape index (κ3) is 3.50. The lowest BCUT2D eigenvalue weighted by Gasteiger charge is -2.34. The van der Waals surface area contributed by atoms with Crippen LogP contribution < -0.4 is 5.73 Å². The molecule has 0 radical (unpaired) electrons. The number of nitrogen functional groups attached to an aromatic ring is 1. The van der Waals surface area contributed by atoms with Crippen molar-refractivity contribution in [1.82, 2.24) is 19.4 Å². The molecule has 9 nitrogen and oxygen atoms in total. The van der Waals surface area contributed by atoms with Gasteiger partial charge in [0.2, 0.25) is 10.0 Å². The topological polar surface area (TPSA) is 122 Å². The molecule has 124 valence electrons. The number of carbonyl (C=O) groups excluding carboxylic acids is 1. The molecular formula is C12H21N5O4S. The van der Waals surface area contributed by atoms with Crippen LogP contribution in [0, 0.1) is 0 Å². The quantitative estimate of drug-likeness (QED) is 0.800. The van der Waals surface area contributed by atoms with E-state index in [2.05, 4.69) is 10.2 Å². The summed E-state index contributed by atoms with van der Waals surface area (Å²) in [6.45, 7) is 6.27. The van der Waals surface area contributed by atoms with E-state index in [0.29, 0.717) is 0 Å². The summed E-state index contributed by atoms with van der Waals surface area (Å²) < 4.78 is 31.4. The van der Waals surface area contributed by atoms with Crippen molar-refractivity contribution in [3.63, 3.8) is 0 Å². The third-order valence-corrected chi connectivity index (χ3v) is 5.07. The molecule has 1 aromatic heterocycles. The minimum Gasteiger partial charge on any atom is -0.444 e. The normalized spacial score (nSPS) is 17.5. The first-order chi connectivity index (χ1) is 10.1. The maximum absolute atomic E-state index is 12.4. The molecule has 0 unspecified atom stereocenters. The maximum atomic E-state index is 12.4. The van der Waals surface area contributed by atoms with Crippen LogP contribution in [-0.4, -0.2) is 65.7 Å². The molecule has 0 spiro atoms. The van der Waals surface area contributed by atoms with Crippen molar-refractivity contribution < 1.29 is 17.9 Å². The zero-order valence-electron chi connectivity index (χ0n) is 12.9. The Bertz CT molecular complexity index is 641. The Balaban J connectivity index is 2.01. The number of aromatic amines is 1. The molecule has 0 aliphatic carbocycles. The Morgan fingerprint density at radius 2 is 1.91 bits per heavy atom. The molecule has 2 rings (SSSR count). The van der Waals surface area contributed by atoms with Crippen LogP contribution in [0.25, 0.3) is 0 Å². The van der Waals surface area contributed by atoms with Gasteiger partial charge in [0.25, 0.3) is 0 Å². The minimum absolute atomic E-state index is 0.00886. The van der Waals surface area contributed by atoms with Crippen LogP contribution in [0.1, 0.15) is 20.8 Å². The maximum Gasteiger partial charge on any atom is 0.410 e. The zero-order valence-corrected chi connectivity index (χ0v) is 13.7. The van der Waals surface area contributed by atoms with E-state index in [1.165, 1.54) is 15.4 Å². The number of nitrogens with two attached hydrogens (primary N) is 1. The fourth-order valence-electron chi connectivity index (χ4n) is 2.07. The van der Waals surface area contributed by atoms with Crippen LogP contribution in [-0.2, 0) is 14.8 Å². The molecule has 0 bridgehead atoms. The second kappa shape index (κ2) is 5.76. The molecule has 0 saturated carbocycles. The molecule has 10 heteroatoms. The summed E-state index contributed by atoms with van der Waals surface area (Å²) in [6, 6.07) is 0. The highest BCUT2D eigenvalue weighted by Crippen LogP contribution is 2.21. The summed E-state index contributed by atoms with van der Waals surface area (Å²) in [6.07, 6.45) is 0.748.